The number of halogens is 3. The van der Waals surface area contributed by atoms with E-state index >= 15 is 0 Å². The number of aromatic nitrogens is 2. The molecule has 1 amide bonds. The first-order valence-corrected chi connectivity index (χ1v) is 13.4. The van der Waals surface area contributed by atoms with Crippen LogP contribution in [0, 0.1) is 5.82 Å². The normalized spacial score (nSPS) is 14.4. The second-order valence-electron chi connectivity index (χ2n) is 9.43. The molecule has 2 N–H and O–H groups in total. The number of amides is 1. The monoisotopic (exact) mass is 576 g/mol. The van der Waals surface area contributed by atoms with Crippen molar-refractivity contribution < 1.29 is 19.0 Å². The standard InChI is InChI=1S/C27H31Cl2FN6O3/c1-18(2)35-11-9-34(10-12-35)13-14-39-24-6-4-21(16-23(24)30)32-26-31-8-7-25(33-26)36(27(37)38)17-19-15-20(28)3-5-22(19)29/h3-8,15-16,18H,9-14,17H2,1-2H3,(H,37,38)(H,31,32,33). The second-order valence-corrected chi connectivity index (χ2v) is 10.3. The number of carboxylic acid groups (broad SMARTS) is 1. The van der Waals surface area contributed by atoms with E-state index in [1.807, 2.05) is 0 Å². The summed E-state index contributed by atoms with van der Waals surface area (Å²) in [5.74, 6) is -0.148. The molecule has 2 aromatic carbocycles. The van der Waals surface area contributed by atoms with Crippen molar-refractivity contribution in [3.63, 3.8) is 0 Å². The Hall–Kier alpha value is -3.18. The quantitative estimate of drug-likeness (QED) is 0.315. The van der Waals surface area contributed by atoms with E-state index in [0.29, 0.717) is 33.9 Å². The molecule has 2 heterocycles. The lowest BCUT2D eigenvalue weighted by atomic mass is 10.2. The first kappa shape index (κ1) is 28.8. The highest BCUT2D eigenvalue weighted by molar-refractivity contribution is 6.33. The van der Waals surface area contributed by atoms with Crippen LogP contribution in [-0.2, 0) is 6.54 Å². The fourth-order valence-electron chi connectivity index (χ4n) is 4.25. The molecule has 0 unspecified atom stereocenters. The molecule has 0 bridgehead atoms. The van der Waals surface area contributed by atoms with Gasteiger partial charge in [-0.1, -0.05) is 23.2 Å². The highest BCUT2D eigenvalue weighted by Gasteiger charge is 2.20. The highest BCUT2D eigenvalue weighted by Crippen LogP contribution is 2.26. The molecule has 0 spiro atoms. The Morgan fingerprint density at radius 1 is 1.15 bits per heavy atom. The third kappa shape index (κ3) is 7.92. The molecule has 1 fully saturated rings. The topological polar surface area (TPSA) is 94.1 Å². The number of nitrogens with zero attached hydrogens (tertiary/aromatic N) is 5. The van der Waals surface area contributed by atoms with Crippen molar-refractivity contribution in [3.8, 4) is 5.75 Å². The summed E-state index contributed by atoms with van der Waals surface area (Å²) in [6.45, 7) is 9.43. The third-order valence-electron chi connectivity index (χ3n) is 6.47. The van der Waals surface area contributed by atoms with E-state index in [1.54, 1.807) is 30.3 Å². The van der Waals surface area contributed by atoms with Crippen LogP contribution < -0.4 is 15.0 Å². The zero-order valence-electron chi connectivity index (χ0n) is 21.8. The predicted octanol–water partition coefficient (Wildman–Crippen LogP) is 5.76. The largest absolute Gasteiger partial charge is 0.489 e. The van der Waals surface area contributed by atoms with E-state index in [-0.39, 0.29) is 24.1 Å². The fraction of sp³-hybridized carbons (Fsp3) is 0.370. The molecule has 3 aromatic rings. The Labute approximate surface area is 237 Å². The average Bonchev–Trinajstić information content (AvgIpc) is 2.90. The molecular formula is C27H31Cl2FN6O3. The van der Waals surface area contributed by atoms with Gasteiger partial charge < -0.3 is 15.2 Å². The van der Waals surface area contributed by atoms with Gasteiger partial charge in [-0.25, -0.2) is 14.2 Å². The van der Waals surface area contributed by atoms with Crippen molar-refractivity contribution in [3.05, 3.63) is 70.1 Å². The molecule has 0 atom stereocenters. The summed E-state index contributed by atoms with van der Waals surface area (Å²) in [7, 11) is 0. The van der Waals surface area contributed by atoms with Crippen LogP contribution in [0.1, 0.15) is 19.4 Å². The van der Waals surface area contributed by atoms with E-state index in [0.717, 1.165) is 37.6 Å². The Balaban J connectivity index is 1.36. The molecule has 1 saturated heterocycles. The molecule has 0 aliphatic carbocycles. The van der Waals surface area contributed by atoms with Gasteiger partial charge in [0.15, 0.2) is 11.6 Å². The van der Waals surface area contributed by atoms with Gasteiger partial charge in [0.25, 0.3) is 0 Å². The van der Waals surface area contributed by atoms with Crippen LogP contribution in [0.4, 0.5) is 26.6 Å². The maximum absolute atomic E-state index is 14.7. The molecule has 1 aliphatic heterocycles. The van der Waals surface area contributed by atoms with Gasteiger partial charge in [-0.05, 0) is 55.8 Å². The summed E-state index contributed by atoms with van der Waals surface area (Å²) in [5.41, 5.74) is 0.914. The van der Waals surface area contributed by atoms with Crippen LogP contribution >= 0.6 is 23.2 Å². The first-order valence-electron chi connectivity index (χ1n) is 12.6. The van der Waals surface area contributed by atoms with E-state index in [2.05, 4.69) is 38.9 Å². The molecule has 1 aliphatic rings. The van der Waals surface area contributed by atoms with Crippen molar-refractivity contribution in [1.82, 2.24) is 19.8 Å². The number of ether oxygens (including phenoxy) is 1. The van der Waals surface area contributed by atoms with E-state index in [1.165, 1.54) is 18.3 Å². The van der Waals surface area contributed by atoms with Crippen LogP contribution in [0.3, 0.4) is 0 Å². The van der Waals surface area contributed by atoms with E-state index in [9.17, 15) is 14.3 Å². The van der Waals surface area contributed by atoms with Crippen molar-refractivity contribution in [2.24, 2.45) is 0 Å². The lowest BCUT2D eigenvalue weighted by Crippen LogP contribution is -2.49. The second kappa shape index (κ2) is 13.3. The van der Waals surface area contributed by atoms with Crippen molar-refractivity contribution >= 4 is 46.7 Å². The van der Waals surface area contributed by atoms with Crippen LogP contribution in [0.5, 0.6) is 5.75 Å². The van der Waals surface area contributed by atoms with Gasteiger partial charge in [-0.3, -0.25) is 14.7 Å². The maximum Gasteiger partial charge on any atom is 0.413 e. The molecule has 39 heavy (non-hydrogen) atoms. The molecule has 1 aromatic heterocycles. The number of piperazine rings is 1. The summed E-state index contributed by atoms with van der Waals surface area (Å²) in [4.78, 5) is 26.2. The number of anilines is 3. The zero-order chi connectivity index (χ0) is 27.9. The zero-order valence-corrected chi connectivity index (χ0v) is 23.3. The average molecular weight is 577 g/mol. The van der Waals surface area contributed by atoms with Gasteiger partial charge in [-0.2, -0.15) is 4.98 Å². The summed E-state index contributed by atoms with van der Waals surface area (Å²) < 4.78 is 20.4. The summed E-state index contributed by atoms with van der Waals surface area (Å²) in [6.07, 6.45) is 0.180. The van der Waals surface area contributed by atoms with Gasteiger partial charge in [0.05, 0.1) is 6.54 Å². The minimum Gasteiger partial charge on any atom is -0.489 e. The third-order valence-corrected chi connectivity index (χ3v) is 7.08. The minimum absolute atomic E-state index is 0.0702. The number of hydrogen-bond donors (Lipinski definition) is 2. The van der Waals surface area contributed by atoms with Crippen LogP contribution in [-0.4, -0.2) is 76.3 Å². The lowest BCUT2D eigenvalue weighted by Gasteiger charge is -2.36. The van der Waals surface area contributed by atoms with Gasteiger partial charge in [0, 0.05) is 66.8 Å². The van der Waals surface area contributed by atoms with Crippen LogP contribution in [0.25, 0.3) is 0 Å². The smallest absolute Gasteiger partial charge is 0.413 e. The van der Waals surface area contributed by atoms with Crippen molar-refractivity contribution in [2.45, 2.75) is 26.4 Å². The molecule has 0 radical (unpaired) electrons. The molecule has 4 rings (SSSR count). The Kier molecular flexibility index (Phi) is 9.79. The number of benzene rings is 2. The molecule has 208 valence electrons. The van der Waals surface area contributed by atoms with E-state index in [4.69, 9.17) is 27.9 Å². The fourth-order valence-corrected chi connectivity index (χ4v) is 4.63. The van der Waals surface area contributed by atoms with Gasteiger partial charge in [0.2, 0.25) is 5.95 Å². The number of hydrogen-bond acceptors (Lipinski definition) is 7. The van der Waals surface area contributed by atoms with Crippen LogP contribution in [0.15, 0.2) is 48.7 Å². The summed E-state index contributed by atoms with van der Waals surface area (Å²) in [5, 5.41) is 13.5. The van der Waals surface area contributed by atoms with Crippen molar-refractivity contribution in [2.75, 3.05) is 49.5 Å². The predicted molar refractivity (Wildman–Crippen MR) is 151 cm³/mol. The van der Waals surface area contributed by atoms with Gasteiger partial charge >= 0.3 is 6.09 Å². The number of carbonyl (C=O) groups is 1. The Morgan fingerprint density at radius 3 is 2.62 bits per heavy atom. The number of rotatable bonds is 10. The lowest BCUT2D eigenvalue weighted by molar-refractivity contribution is 0.0965. The number of nitrogens with one attached hydrogen (secondary N) is 1. The molecule has 0 saturated carbocycles. The first-order chi connectivity index (χ1) is 18.7. The van der Waals surface area contributed by atoms with E-state index < -0.39 is 11.9 Å². The van der Waals surface area contributed by atoms with Gasteiger partial charge in [-0.15, -0.1) is 0 Å². The SMILES string of the molecule is CC(C)N1CCN(CCOc2ccc(Nc3nccc(N(Cc4cc(Cl)ccc4Cl)C(=O)O)n3)cc2F)CC1. The Morgan fingerprint density at radius 2 is 1.92 bits per heavy atom. The van der Waals surface area contributed by atoms with Crippen molar-refractivity contribution in [1.29, 1.82) is 0 Å². The summed E-state index contributed by atoms with van der Waals surface area (Å²) in [6, 6.07) is 11.3. The van der Waals surface area contributed by atoms with Gasteiger partial charge in [0.1, 0.15) is 12.4 Å². The molecule has 12 heteroatoms. The molecular weight excluding hydrogens is 546 g/mol. The minimum atomic E-state index is -1.23. The summed E-state index contributed by atoms with van der Waals surface area (Å²) >= 11 is 12.3. The Bertz CT molecular complexity index is 1290. The maximum atomic E-state index is 14.7. The molecule has 9 nitrogen and oxygen atoms in total. The van der Waals surface area contributed by atoms with Crippen LogP contribution in [0.2, 0.25) is 10.0 Å². The highest BCUT2D eigenvalue weighted by atomic mass is 35.5.